The second-order valence-corrected chi connectivity index (χ2v) is 5.54. The van der Waals surface area contributed by atoms with Crippen molar-refractivity contribution in [3.8, 4) is 0 Å². The van der Waals surface area contributed by atoms with E-state index in [-0.39, 0.29) is 36.8 Å². The maximum Gasteiger partial charge on any atom is 0.255 e. The summed E-state index contributed by atoms with van der Waals surface area (Å²) in [5.74, 6) is 1.03. The second kappa shape index (κ2) is 10.7. The Morgan fingerprint density at radius 2 is 2.13 bits per heavy atom. The van der Waals surface area contributed by atoms with Gasteiger partial charge in [-0.25, -0.2) is 4.98 Å². The molecule has 0 radical (unpaired) electrons. The van der Waals surface area contributed by atoms with Crippen LogP contribution in [-0.4, -0.2) is 54.6 Å². The minimum absolute atomic E-state index is 0. The van der Waals surface area contributed by atoms with Crippen molar-refractivity contribution in [1.82, 2.24) is 15.2 Å². The highest BCUT2D eigenvalue weighted by Crippen LogP contribution is 2.14. The van der Waals surface area contributed by atoms with Crippen LogP contribution in [0.25, 0.3) is 0 Å². The summed E-state index contributed by atoms with van der Waals surface area (Å²) >= 11 is 0. The molecule has 0 aliphatic carbocycles. The number of nitrogens with one attached hydrogen (secondary N) is 1. The van der Waals surface area contributed by atoms with Gasteiger partial charge in [0.1, 0.15) is 5.82 Å². The molecule has 1 fully saturated rings. The molecule has 0 saturated carbocycles. The van der Waals surface area contributed by atoms with Gasteiger partial charge in [0, 0.05) is 45.0 Å². The number of hydrogen-bond acceptors (Lipinski definition) is 4. The maximum atomic E-state index is 12.5. The minimum atomic E-state index is 0. The van der Waals surface area contributed by atoms with E-state index in [2.05, 4.69) is 36.0 Å². The summed E-state index contributed by atoms with van der Waals surface area (Å²) in [5, 5.41) is 3.30. The summed E-state index contributed by atoms with van der Waals surface area (Å²) in [6.07, 6.45) is 2.80. The third kappa shape index (κ3) is 5.52. The summed E-state index contributed by atoms with van der Waals surface area (Å²) in [7, 11) is 0. The van der Waals surface area contributed by atoms with Crippen LogP contribution in [0.2, 0.25) is 0 Å². The van der Waals surface area contributed by atoms with Gasteiger partial charge in [0.15, 0.2) is 0 Å². The zero-order chi connectivity index (χ0) is 15.2. The number of halogens is 2. The highest BCUT2D eigenvalue weighted by atomic mass is 35.5. The molecular formula is C16H28Cl2N4O. The Bertz CT molecular complexity index is 470. The molecule has 1 saturated heterocycles. The molecule has 7 heteroatoms. The molecule has 132 valence electrons. The summed E-state index contributed by atoms with van der Waals surface area (Å²) in [6.45, 7) is 10.8. The lowest BCUT2D eigenvalue weighted by molar-refractivity contribution is 0.0655. The molecule has 23 heavy (non-hydrogen) atoms. The molecule has 0 bridgehead atoms. The van der Waals surface area contributed by atoms with E-state index in [1.54, 1.807) is 6.20 Å². The molecular weight excluding hydrogens is 335 g/mol. The lowest BCUT2D eigenvalue weighted by Crippen LogP contribution is -2.52. The number of rotatable bonds is 5. The molecule has 1 aromatic heterocycles. The number of carbonyl (C=O) groups is 1. The van der Waals surface area contributed by atoms with Crippen LogP contribution in [0.4, 0.5) is 5.82 Å². The molecule has 5 nitrogen and oxygen atoms in total. The smallest absolute Gasteiger partial charge is 0.255 e. The molecule has 1 aliphatic rings. The van der Waals surface area contributed by atoms with Crippen molar-refractivity contribution in [2.75, 3.05) is 37.6 Å². The standard InChI is InChI=1S/C16H26N4O.2ClH/c1-4-9-19(5-2)15-7-6-14(12-18-15)16(21)20-10-8-17-11-13(20)3;;/h6-7,12-13,17H,4-5,8-11H2,1-3H3;2*1H. The molecule has 2 rings (SSSR count). The topological polar surface area (TPSA) is 48.5 Å². The van der Waals surface area contributed by atoms with Gasteiger partial charge in [0.25, 0.3) is 5.91 Å². The summed E-state index contributed by atoms with van der Waals surface area (Å²) in [4.78, 5) is 21.2. The summed E-state index contributed by atoms with van der Waals surface area (Å²) < 4.78 is 0. The van der Waals surface area contributed by atoms with Crippen LogP contribution in [0.15, 0.2) is 18.3 Å². The summed E-state index contributed by atoms with van der Waals surface area (Å²) in [5.41, 5.74) is 0.681. The third-order valence-corrected chi connectivity index (χ3v) is 3.96. The van der Waals surface area contributed by atoms with E-state index >= 15 is 0 Å². The van der Waals surface area contributed by atoms with Crippen molar-refractivity contribution in [3.05, 3.63) is 23.9 Å². The molecule has 2 heterocycles. The predicted octanol–water partition coefficient (Wildman–Crippen LogP) is 2.60. The van der Waals surface area contributed by atoms with Crippen molar-refractivity contribution in [2.24, 2.45) is 0 Å². The van der Waals surface area contributed by atoms with Gasteiger partial charge in [-0.2, -0.15) is 0 Å². The molecule has 0 spiro atoms. The van der Waals surface area contributed by atoms with Gasteiger partial charge in [0.2, 0.25) is 0 Å². The van der Waals surface area contributed by atoms with Crippen molar-refractivity contribution < 1.29 is 4.79 Å². The first kappa shape index (κ1) is 22.0. The van der Waals surface area contributed by atoms with E-state index in [0.717, 1.165) is 45.0 Å². The Morgan fingerprint density at radius 3 is 2.65 bits per heavy atom. The molecule has 1 N–H and O–H groups in total. The van der Waals surface area contributed by atoms with Crippen LogP contribution in [0.1, 0.15) is 37.6 Å². The number of amides is 1. The molecule has 1 unspecified atom stereocenters. The Labute approximate surface area is 151 Å². The van der Waals surface area contributed by atoms with Crippen LogP contribution in [0.5, 0.6) is 0 Å². The number of carbonyl (C=O) groups excluding carboxylic acids is 1. The highest BCUT2D eigenvalue weighted by molar-refractivity contribution is 5.94. The van der Waals surface area contributed by atoms with E-state index in [1.165, 1.54) is 0 Å². The lowest BCUT2D eigenvalue weighted by Gasteiger charge is -2.34. The SMILES string of the molecule is CCCN(CC)c1ccc(C(=O)N2CCNCC2C)cn1.Cl.Cl. The quantitative estimate of drug-likeness (QED) is 0.874. The van der Waals surface area contributed by atoms with E-state index in [0.29, 0.717) is 5.56 Å². The van der Waals surface area contributed by atoms with Gasteiger partial charge in [-0.1, -0.05) is 6.92 Å². The van der Waals surface area contributed by atoms with E-state index < -0.39 is 0 Å². The first-order valence-electron chi connectivity index (χ1n) is 7.90. The van der Waals surface area contributed by atoms with Crippen LogP contribution in [-0.2, 0) is 0 Å². The lowest BCUT2D eigenvalue weighted by atomic mass is 10.1. The van der Waals surface area contributed by atoms with Gasteiger partial charge in [-0.15, -0.1) is 24.8 Å². The fourth-order valence-corrected chi connectivity index (χ4v) is 2.71. The van der Waals surface area contributed by atoms with Gasteiger partial charge >= 0.3 is 0 Å². The van der Waals surface area contributed by atoms with Gasteiger partial charge in [0.05, 0.1) is 5.56 Å². The first-order valence-corrected chi connectivity index (χ1v) is 7.90. The predicted molar refractivity (Wildman–Crippen MR) is 100 cm³/mol. The Balaban J connectivity index is 0.00000242. The highest BCUT2D eigenvalue weighted by Gasteiger charge is 2.24. The number of anilines is 1. The molecule has 0 aromatic carbocycles. The minimum Gasteiger partial charge on any atom is -0.357 e. The van der Waals surface area contributed by atoms with Crippen molar-refractivity contribution in [1.29, 1.82) is 0 Å². The molecule has 1 aromatic rings. The molecule has 1 amide bonds. The van der Waals surface area contributed by atoms with Crippen LogP contribution >= 0.6 is 24.8 Å². The van der Waals surface area contributed by atoms with Crippen molar-refractivity contribution in [3.63, 3.8) is 0 Å². The molecule has 1 atom stereocenters. The fraction of sp³-hybridized carbons (Fsp3) is 0.625. The van der Waals surface area contributed by atoms with Gasteiger partial charge < -0.3 is 15.1 Å². The first-order chi connectivity index (χ1) is 10.2. The Hall–Kier alpha value is -1.04. The summed E-state index contributed by atoms with van der Waals surface area (Å²) in [6, 6.07) is 4.09. The van der Waals surface area contributed by atoms with Gasteiger partial charge in [-0.05, 0) is 32.4 Å². The Kier molecular flexibility index (Phi) is 10.2. The number of hydrogen-bond donors (Lipinski definition) is 1. The zero-order valence-corrected chi connectivity index (χ0v) is 15.8. The fourth-order valence-electron chi connectivity index (χ4n) is 2.71. The zero-order valence-electron chi connectivity index (χ0n) is 14.1. The van der Waals surface area contributed by atoms with E-state index in [4.69, 9.17) is 0 Å². The maximum absolute atomic E-state index is 12.5. The number of pyridine rings is 1. The monoisotopic (exact) mass is 362 g/mol. The number of aromatic nitrogens is 1. The molecule has 1 aliphatic heterocycles. The van der Waals surface area contributed by atoms with E-state index in [1.807, 2.05) is 17.0 Å². The van der Waals surface area contributed by atoms with E-state index in [9.17, 15) is 4.79 Å². The van der Waals surface area contributed by atoms with Crippen molar-refractivity contribution >= 4 is 36.5 Å². The average molecular weight is 363 g/mol. The van der Waals surface area contributed by atoms with Crippen LogP contribution < -0.4 is 10.2 Å². The number of nitrogens with zero attached hydrogens (tertiary/aromatic N) is 3. The average Bonchev–Trinajstić information content (AvgIpc) is 2.52. The largest absolute Gasteiger partial charge is 0.357 e. The van der Waals surface area contributed by atoms with Crippen LogP contribution in [0, 0.1) is 0 Å². The third-order valence-electron chi connectivity index (χ3n) is 3.96. The number of piperazine rings is 1. The Morgan fingerprint density at radius 1 is 1.39 bits per heavy atom. The van der Waals surface area contributed by atoms with Gasteiger partial charge in [-0.3, -0.25) is 4.79 Å². The van der Waals surface area contributed by atoms with Crippen LogP contribution in [0.3, 0.4) is 0 Å². The second-order valence-electron chi connectivity index (χ2n) is 5.54. The normalized spacial score (nSPS) is 17.0. The van der Waals surface area contributed by atoms with Crippen molar-refractivity contribution in [2.45, 2.75) is 33.2 Å².